The van der Waals surface area contributed by atoms with E-state index in [1.807, 2.05) is 0 Å². The number of oxime groups is 1. The third kappa shape index (κ3) is 3.48. The largest absolute Gasteiger partial charge is 0.409 e. The summed E-state index contributed by atoms with van der Waals surface area (Å²) >= 11 is 0. The average Bonchev–Trinajstić information content (AvgIpc) is 2.43. The molecule has 0 saturated heterocycles. The van der Waals surface area contributed by atoms with Crippen molar-refractivity contribution in [3.63, 3.8) is 0 Å². The lowest BCUT2D eigenvalue weighted by molar-refractivity contribution is -0.118. The van der Waals surface area contributed by atoms with Crippen molar-refractivity contribution in [3.8, 4) is 0 Å². The fraction of sp³-hybridized carbons (Fsp3) is 0.385. The van der Waals surface area contributed by atoms with Gasteiger partial charge in [-0.15, -0.1) is 0 Å². The smallest absolute Gasteiger partial charge is 0.226 e. The van der Waals surface area contributed by atoms with Crippen LogP contribution in [0.4, 0.5) is 5.69 Å². The predicted octanol–water partition coefficient (Wildman–Crippen LogP) is 1.93. The molecule has 0 aromatic heterocycles. The number of rotatable bonds is 5. The van der Waals surface area contributed by atoms with E-state index in [2.05, 4.69) is 12.1 Å². The summed E-state index contributed by atoms with van der Waals surface area (Å²) in [5.41, 5.74) is 6.88. The SMILES string of the molecule is CCCCC(=O)N(C)c1ccc(C(N)=NO)cc1. The van der Waals surface area contributed by atoms with Gasteiger partial charge in [0.2, 0.25) is 5.91 Å². The van der Waals surface area contributed by atoms with Crippen molar-refractivity contribution in [1.82, 2.24) is 0 Å². The zero-order valence-corrected chi connectivity index (χ0v) is 10.8. The van der Waals surface area contributed by atoms with Crippen molar-refractivity contribution in [3.05, 3.63) is 29.8 Å². The monoisotopic (exact) mass is 249 g/mol. The van der Waals surface area contributed by atoms with Crippen LogP contribution < -0.4 is 10.6 Å². The summed E-state index contributed by atoms with van der Waals surface area (Å²) in [5, 5.41) is 11.5. The highest BCUT2D eigenvalue weighted by Gasteiger charge is 2.10. The number of nitrogens with two attached hydrogens (primary N) is 1. The number of carbonyl (C=O) groups is 1. The maximum Gasteiger partial charge on any atom is 0.226 e. The number of benzene rings is 1. The van der Waals surface area contributed by atoms with Crippen LogP contribution in [0.15, 0.2) is 29.4 Å². The van der Waals surface area contributed by atoms with E-state index in [4.69, 9.17) is 10.9 Å². The molecule has 0 radical (unpaired) electrons. The Balaban J connectivity index is 2.75. The van der Waals surface area contributed by atoms with Crippen LogP contribution in [0, 0.1) is 0 Å². The molecular formula is C13H19N3O2. The van der Waals surface area contributed by atoms with Crippen molar-refractivity contribution in [2.75, 3.05) is 11.9 Å². The highest BCUT2D eigenvalue weighted by Crippen LogP contribution is 2.15. The third-order valence-electron chi connectivity index (χ3n) is 2.78. The summed E-state index contributed by atoms with van der Waals surface area (Å²) in [7, 11) is 1.75. The van der Waals surface area contributed by atoms with E-state index in [-0.39, 0.29) is 11.7 Å². The first kappa shape index (κ1) is 14.0. The number of hydrogen-bond donors (Lipinski definition) is 2. The Bertz CT molecular complexity index is 426. The number of carbonyl (C=O) groups excluding carboxylic acids is 1. The van der Waals surface area contributed by atoms with Crippen LogP contribution in [-0.2, 0) is 4.79 Å². The summed E-state index contributed by atoms with van der Waals surface area (Å²) in [4.78, 5) is 13.4. The molecule has 0 atom stereocenters. The maximum atomic E-state index is 11.8. The highest BCUT2D eigenvalue weighted by atomic mass is 16.4. The highest BCUT2D eigenvalue weighted by molar-refractivity contribution is 5.98. The lowest BCUT2D eigenvalue weighted by atomic mass is 10.1. The van der Waals surface area contributed by atoms with Crippen molar-refractivity contribution < 1.29 is 10.0 Å². The first-order valence-corrected chi connectivity index (χ1v) is 5.94. The van der Waals surface area contributed by atoms with Gasteiger partial charge in [0.1, 0.15) is 0 Å². The molecule has 5 nitrogen and oxygen atoms in total. The molecule has 0 aliphatic carbocycles. The van der Waals surface area contributed by atoms with E-state index in [1.165, 1.54) is 0 Å². The summed E-state index contributed by atoms with van der Waals surface area (Å²) in [5.74, 6) is 0.148. The molecule has 0 fully saturated rings. The van der Waals surface area contributed by atoms with Crippen LogP contribution in [-0.4, -0.2) is 24.0 Å². The van der Waals surface area contributed by atoms with Gasteiger partial charge in [0, 0.05) is 24.7 Å². The molecule has 1 aromatic carbocycles. The van der Waals surface area contributed by atoms with E-state index in [1.54, 1.807) is 36.2 Å². The van der Waals surface area contributed by atoms with Crippen molar-refractivity contribution in [1.29, 1.82) is 0 Å². The molecule has 0 spiro atoms. The standard InChI is InChI=1S/C13H19N3O2/c1-3-4-5-12(17)16(2)11-8-6-10(7-9-11)13(14)15-18/h6-9,18H,3-5H2,1-2H3,(H2,14,15). The molecule has 5 heteroatoms. The van der Waals surface area contributed by atoms with Gasteiger partial charge < -0.3 is 15.8 Å². The van der Waals surface area contributed by atoms with Gasteiger partial charge in [0.25, 0.3) is 0 Å². The van der Waals surface area contributed by atoms with E-state index < -0.39 is 0 Å². The van der Waals surface area contributed by atoms with Crippen LogP contribution in [0.5, 0.6) is 0 Å². The number of hydrogen-bond acceptors (Lipinski definition) is 3. The van der Waals surface area contributed by atoms with Crippen molar-refractivity contribution in [2.24, 2.45) is 10.9 Å². The average molecular weight is 249 g/mol. The van der Waals surface area contributed by atoms with Gasteiger partial charge in [-0.1, -0.05) is 18.5 Å². The minimum absolute atomic E-state index is 0.0570. The van der Waals surface area contributed by atoms with Crippen LogP contribution in [0.25, 0.3) is 0 Å². The number of amides is 1. The Hall–Kier alpha value is -2.04. The van der Waals surface area contributed by atoms with Gasteiger partial charge in [-0.2, -0.15) is 0 Å². The molecule has 0 aliphatic rings. The molecule has 0 aliphatic heterocycles. The Kier molecular flexibility index (Phi) is 5.17. The van der Waals surface area contributed by atoms with Crippen LogP contribution in [0.2, 0.25) is 0 Å². The molecule has 1 aromatic rings. The van der Waals surface area contributed by atoms with Gasteiger partial charge in [0.15, 0.2) is 5.84 Å². The molecule has 0 saturated carbocycles. The topological polar surface area (TPSA) is 78.9 Å². The maximum absolute atomic E-state index is 11.8. The molecule has 18 heavy (non-hydrogen) atoms. The van der Waals surface area contributed by atoms with Gasteiger partial charge in [-0.3, -0.25) is 4.79 Å². The zero-order chi connectivity index (χ0) is 13.5. The molecule has 98 valence electrons. The summed E-state index contributed by atoms with van der Waals surface area (Å²) in [6.45, 7) is 2.05. The Labute approximate surface area is 107 Å². The number of amidine groups is 1. The third-order valence-corrected chi connectivity index (χ3v) is 2.78. The van der Waals surface area contributed by atoms with E-state index in [0.717, 1.165) is 18.5 Å². The Morgan fingerprint density at radius 1 is 1.39 bits per heavy atom. The molecule has 3 N–H and O–H groups in total. The van der Waals surface area contributed by atoms with Gasteiger partial charge >= 0.3 is 0 Å². The molecule has 0 unspecified atom stereocenters. The molecule has 0 bridgehead atoms. The van der Waals surface area contributed by atoms with Crippen LogP contribution in [0.1, 0.15) is 31.7 Å². The number of nitrogens with zero attached hydrogens (tertiary/aromatic N) is 2. The normalized spacial score (nSPS) is 11.3. The quantitative estimate of drug-likeness (QED) is 0.362. The molecule has 1 amide bonds. The van der Waals surface area contributed by atoms with Crippen LogP contribution in [0.3, 0.4) is 0 Å². The van der Waals surface area contributed by atoms with Gasteiger partial charge in [0.05, 0.1) is 0 Å². The Morgan fingerprint density at radius 3 is 2.50 bits per heavy atom. The minimum Gasteiger partial charge on any atom is -0.409 e. The molecule has 0 heterocycles. The fourth-order valence-electron chi connectivity index (χ4n) is 1.55. The second-order valence-corrected chi connectivity index (χ2v) is 4.09. The number of anilines is 1. The minimum atomic E-state index is 0.0570. The van der Waals surface area contributed by atoms with E-state index >= 15 is 0 Å². The summed E-state index contributed by atoms with van der Waals surface area (Å²) < 4.78 is 0. The summed E-state index contributed by atoms with van der Waals surface area (Å²) in [6, 6.07) is 6.98. The Morgan fingerprint density at radius 2 is 2.00 bits per heavy atom. The van der Waals surface area contributed by atoms with E-state index in [0.29, 0.717) is 12.0 Å². The fourth-order valence-corrected chi connectivity index (χ4v) is 1.55. The lowest BCUT2D eigenvalue weighted by Crippen LogP contribution is -2.25. The van der Waals surface area contributed by atoms with Crippen molar-refractivity contribution >= 4 is 17.4 Å². The van der Waals surface area contributed by atoms with Crippen molar-refractivity contribution in [2.45, 2.75) is 26.2 Å². The second kappa shape index (κ2) is 6.64. The molecule has 1 rings (SSSR count). The van der Waals surface area contributed by atoms with Crippen LogP contribution >= 0.6 is 0 Å². The van der Waals surface area contributed by atoms with Gasteiger partial charge in [-0.05, 0) is 30.7 Å². The first-order chi connectivity index (χ1) is 8.60. The predicted molar refractivity (Wildman–Crippen MR) is 71.9 cm³/mol. The zero-order valence-electron chi connectivity index (χ0n) is 10.8. The first-order valence-electron chi connectivity index (χ1n) is 5.94. The van der Waals surface area contributed by atoms with Gasteiger partial charge in [-0.25, -0.2) is 0 Å². The molecular weight excluding hydrogens is 230 g/mol. The summed E-state index contributed by atoms with van der Waals surface area (Å²) in [6.07, 6.45) is 2.45. The lowest BCUT2D eigenvalue weighted by Gasteiger charge is -2.17. The van der Waals surface area contributed by atoms with E-state index in [9.17, 15) is 4.79 Å². The second-order valence-electron chi connectivity index (χ2n) is 4.09. The number of unbranched alkanes of at least 4 members (excludes halogenated alkanes) is 1.